The third-order valence-electron chi connectivity index (χ3n) is 1.48. The van der Waals surface area contributed by atoms with Crippen molar-refractivity contribution < 1.29 is 4.42 Å². The fraction of sp³-hybridized carbons (Fsp3) is 0.500. The molecule has 0 amide bonds. The molecule has 1 aromatic rings. The minimum Gasteiger partial charge on any atom is -0.408 e. The van der Waals surface area contributed by atoms with Crippen LogP contribution in [0.25, 0.3) is 0 Å². The predicted molar refractivity (Wildman–Crippen MR) is 35.5 cm³/mol. The average Bonchev–Trinajstić information content (AvgIpc) is 2.10. The third kappa shape index (κ3) is 0.761. The molecule has 1 aliphatic heterocycles. The minimum atomic E-state index is 0.627. The maximum Gasteiger partial charge on any atom is 0.318 e. The van der Waals surface area contributed by atoms with Gasteiger partial charge in [0.1, 0.15) is 0 Å². The molecule has 1 radical (unpaired) electrons. The third-order valence-corrected chi connectivity index (χ3v) is 1.48. The van der Waals surface area contributed by atoms with Gasteiger partial charge in [0.05, 0.1) is 0 Å². The molecule has 1 aliphatic rings. The van der Waals surface area contributed by atoms with E-state index in [9.17, 15) is 0 Å². The Bertz CT molecular complexity index is 229. The Kier molecular flexibility index (Phi) is 1.12. The van der Waals surface area contributed by atoms with Gasteiger partial charge < -0.3 is 9.32 Å². The molecule has 0 unspecified atom stereocenters. The van der Waals surface area contributed by atoms with E-state index in [0.717, 1.165) is 13.1 Å². The first-order valence-corrected chi connectivity index (χ1v) is 3.23. The van der Waals surface area contributed by atoms with E-state index in [1.54, 1.807) is 6.92 Å². The van der Waals surface area contributed by atoms with Crippen molar-refractivity contribution in [2.45, 2.75) is 6.92 Å². The highest BCUT2D eigenvalue weighted by atomic mass is 16.4. The lowest BCUT2D eigenvalue weighted by molar-refractivity contribution is 0.496. The Labute approximate surface area is 58.8 Å². The van der Waals surface area contributed by atoms with Crippen molar-refractivity contribution in [3.8, 4) is 0 Å². The Hall–Kier alpha value is -1.06. The molecule has 4 heteroatoms. The van der Waals surface area contributed by atoms with Crippen LogP contribution in [0.1, 0.15) is 5.89 Å². The second-order valence-corrected chi connectivity index (χ2v) is 2.30. The second kappa shape index (κ2) is 1.97. The molecular formula is C6H8N3O. The molecule has 0 aliphatic carbocycles. The van der Waals surface area contributed by atoms with Crippen LogP contribution < -0.4 is 4.90 Å². The van der Waals surface area contributed by atoms with Crippen LogP contribution in [0.2, 0.25) is 0 Å². The summed E-state index contributed by atoms with van der Waals surface area (Å²) in [4.78, 5) is 2.01. The first-order chi connectivity index (χ1) is 4.86. The van der Waals surface area contributed by atoms with E-state index < -0.39 is 0 Å². The Balaban J connectivity index is 2.17. The van der Waals surface area contributed by atoms with Crippen molar-refractivity contribution in [1.82, 2.24) is 10.2 Å². The largest absolute Gasteiger partial charge is 0.408 e. The highest BCUT2D eigenvalue weighted by molar-refractivity contribution is 5.31. The van der Waals surface area contributed by atoms with Gasteiger partial charge in [-0.15, -0.1) is 5.10 Å². The van der Waals surface area contributed by atoms with Crippen molar-refractivity contribution in [2.24, 2.45) is 0 Å². The number of nitrogens with zero attached hydrogens (tertiary/aromatic N) is 3. The van der Waals surface area contributed by atoms with Crippen LogP contribution in [-0.2, 0) is 0 Å². The molecule has 2 heterocycles. The van der Waals surface area contributed by atoms with Gasteiger partial charge in [-0.25, -0.2) is 0 Å². The second-order valence-electron chi connectivity index (χ2n) is 2.30. The van der Waals surface area contributed by atoms with Crippen LogP contribution in [0.4, 0.5) is 6.01 Å². The summed E-state index contributed by atoms with van der Waals surface area (Å²) in [6.45, 7) is 3.66. The van der Waals surface area contributed by atoms with Crippen LogP contribution >= 0.6 is 0 Å². The molecule has 0 N–H and O–H groups in total. The molecule has 4 nitrogen and oxygen atoms in total. The first kappa shape index (κ1) is 5.70. The fourth-order valence-corrected chi connectivity index (χ4v) is 0.828. The standard InChI is InChI=1S/C6H8N3O/c1-5-7-8-6(10-5)9-3-2-4-9/h2H,3-4H2,1H3. The van der Waals surface area contributed by atoms with Crippen LogP contribution in [0, 0.1) is 13.3 Å². The van der Waals surface area contributed by atoms with Gasteiger partial charge in [0, 0.05) is 26.4 Å². The van der Waals surface area contributed by atoms with Crippen molar-refractivity contribution >= 4 is 6.01 Å². The molecule has 1 aromatic heterocycles. The van der Waals surface area contributed by atoms with Crippen LogP contribution in [0.15, 0.2) is 4.42 Å². The average molecular weight is 138 g/mol. The Morgan fingerprint density at radius 1 is 1.50 bits per heavy atom. The van der Waals surface area contributed by atoms with Crippen molar-refractivity contribution in [1.29, 1.82) is 0 Å². The van der Waals surface area contributed by atoms with E-state index in [2.05, 4.69) is 16.6 Å². The Morgan fingerprint density at radius 3 is 2.70 bits per heavy atom. The molecule has 2 rings (SSSR count). The van der Waals surface area contributed by atoms with Crippen LogP contribution in [0.5, 0.6) is 0 Å². The lowest BCUT2D eigenvalue weighted by Gasteiger charge is -2.27. The summed E-state index contributed by atoms with van der Waals surface area (Å²) < 4.78 is 5.17. The highest BCUT2D eigenvalue weighted by Crippen LogP contribution is 2.16. The summed E-state index contributed by atoms with van der Waals surface area (Å²) in [7, 11) is 0. The summed E-state index contributed by atoms with van der Waals surface area (Å²) in [5.74, 6) is 0.627. The summed E-state index contributed by atoms with van der Waals surface area (Å²) in [6, 6.07) is 0.639. The number of rotatable bonds is 1. The number of hydrogen-bond donors (Lipinski definition) is 0. The molecule has 0 bridgehead atoms. The van der Waals surface area contributed by atoms with Crippen LogP contribution in [0.3, 0.4) is 0 Å². The van der Waals surface area contributed by atoms with Gasteiger partial charge in [-0.1, -0.05) is 5.10 Å². The van der Waals surface area contributed by atoms with Gasteiger partial charge >= 0.3 is 6.01 Å². The van der Waals surface area contributed by atoms with E-state index in [1.807, 2.05) is 4.90 Å². The molecule has 10 heavy (non-hydrogen) atoms. The SMILES string of the molecule is Cc1nnc(N2C[CH]C2)o1. The molecule has 1 saturated heterocycles. The minimum absolute atomic E-state index is 0.627. The van der Waals surface area contributed by atoms with Gasteiger partial charge in [0.25, 0.3) is 0 Å². The lowest BCUT2D eigenvalue weighted by atomic mass is 10.2. The lowest BCUT2D eigenvalue weighted by Crippen LogP contribution is -2.38. The Morgan fingerprint density at radius 2 is 2.30 bits per heavy atom. The summed E-state index contributed by atoms with van der Waals surface area (Å²) in [5.41, 5.74) is 0. The molecule has 0 atom stereocenters. The first-order valence-electron chi connectivity index (χ1n) is 3.23. The molecule has 1 fully saturated rings. The maximum absolute atomic E-state index is 5.17. The molecular weight excluding hydrogens is 130 g/mol. The van der Waals surface area contributed by atoms with E-state index in [0.29, 0.717) is 11.9 Å². The monoisotopic (exact) mass is 138 g/mol. The topological polar surface area (TPSA) is 42.2 Å². The van der Waals surface area contributed by atoms with Gasteiger partial charge in [-0.3, -0.25) is 0 Å². The number of aromatic nitrogens is 2. The molecule has 53 valence electrons. The number of aryl methyl sites for hydroxylation is 1. The van der Waals surface area contributed by atoms with Crippen molar-refractivity contribution in [3.05, 3.63) is 12.3 Å². The normalized spacial score (nSPS) is 17.1. The zero-order chi connectivity index (χ0) is 6.97. The quantitative estimate of drug-likeness (QED) is 0.563. The zero-order valence-electron chi connectivity index (χ0n) is 5.74. The fourth-order valence-electron chi connectivity index (χ4n) is 0.828. The number of hydrogen-bond acceptors (Lipinski definition) is 4. The smallest absolute Gasteiger partial charge is 0.318 e. The van der Waals surface area contributed by atoms with Gasteiger partial charge in [-0.2, -0.15) is 0 Å². The van der Waals surface area contributed by atoms with Crippen molar-refractivity contribution in [2.75, 3.05) is 18.0 Å². The van der Waals surface area contributed by atoms with Crippen LogP contribution in [-0.4, -0.2) is 23.3 Å². The molecule has 0 aromatic carbocycles. The summed E-state index contributed by atoms with van der Waals surface area (Å²) in [5, 5.41) is 7.57. The zero-order valence-corrected chi connectivity index (χ0v) is 5.74. The summed E-state index contributed by atoms with van der Waals surface area (Å²) >= 11 is 0. The van der Waals surface area contributed by atoms with E-state index in [1.165, 1.54) is 0 Å². The van der Waals surface area contributed by atoms with Gasteiger partial charge in [0.2, 0.25) is 5.89 Å². The maximum atomic E-state index is 5.17. The van der Waals surface area contributed by atoms with E-state index >= 15 is 0 Å². The van der Waals surface area contributed by atoms with E-state index in [4.69, 9.17) is 4.42 Å². The van der Waals surface area contributed by atoms with E-state index in [-0.39, 0.29) is 0 Å². The van der Waals surface area contributed by atoms with Gasteiger partial charge in [0.15, 0.2) is 0 Å². The predicted octanol–water partition coefficient (Wildman–Crippen LogP) is 0.402. The number of anilines is 1. The molecule has 0 saturated carbocycles. The highest BCUT2D eigenvalue weighted by Gasteiger charge is 2.19. The molecule has 0 spiro atoms. The van der Waals surface area contributed by atoms with Crippen molar-refractivity contribution in [3.63, 3.8) is 0 Å². The summed E-state index contributed by atoms with van der Waals surface area (Å²) in [6.07, 6.45) is 2.15. The van der Waals surface area contributed by atoms with Gasteiger partial charge in [-0.05, 0) is 0 Å².